The molecule has 2 nitrogen and oxygen atoms in total. The number of ether oxygens (including phenoxy) is 2. The average Bonchev–Trinajstić information content (AvgIpc) is 3.01. The second kappa shape index (κ2) is 6.84. The Hall–Kier alpha value is -0.340. The van der Waals surface area contributed by atoms with E-state index in [4.69, 9.17) is 9.47 Å². The minimum Gasteiger partial charge on any atom is -0.323 e. The Bertz CT molecular complexity index is 622. The van der Waals surface area contributed by atoms with Crippen molar-refractivity contribution in [2.75, 3.05) is 6.79 Å². The molecule has 1 heterocycles. The zero-order valence-electron chi connectivity index (χ0n) is 18.7. The minimum atomic E-state index is -0.222. The second-order valence-corrected chi connectivity index (χ2v) is 11.5. The molecule has 2 heteroatoms. The molecular formula is C26H42O2. The van der Waals surface area contributed by atoms with Crippen LogP contribution < -0.4 is 0 Å². The Morgan fingerprint density at radius 3 is 2.46 bits per heavy atom. The van der Waals surface area contributed by atoms with Gasteiger partial charge in [0.2, 0.25) is 0 Å². The van der Waals surface area contributed by atoms with E-state index in [0.717, 1.165) is 29.6 Å². The van der Waals surface area contributed by atoms with Gasteiger partial charge in [0.15, 0.2) is 12.6 Å². The highest BCUT2D eigenvalue weighted by Crippen LogP contribution is 2.71. The summed E-state index contributed by atoms with van der Waals surface area (Å²) in [6, 6.07) is 0. The fraction of sp³-hybridized carbons (Fsp3) is 0.923. The molecule has 4 aliphatic carbocycles. The van der Waals surface area contributed by atoms with Gasteiger partial charge in [-0.15, -0.1) is 0 Å². The molecule has 8 atom stereocenters. The molecule has 0 aromatic rings. The Balaban J connectivity index is 1.46. The van der Waals surface area contributed by atoms with Crippen molar-refractivity contribution in [3.8, 4) is 0 Å². The fourth-order valence-corrected chi connectivity index (χ4v) is 9.30. The largest absolute Gasteiger partial charge is 0.323 e. The van der Waals surface area contributed by atoms with Crippen LogP contribution in [-0.4, -0.2) is 12.6 Å². The minimum absolute atomic E-state index is 0.222. The zero-order valence-corrected chi connectivity index (χ0v) is 18.7. The number of fused-ring (bicyclic) bond motifs is 6. The molecule has 1 spiro atoms. The molecule has 0 amide bonds. The van der Waals surface area contributed by atoms with Crippen LogP contribution in [-0.2, 0) is 9.47 Å². The molecule has 0 N–H and O–H groups in total. The highest BCUT2D eigenvalue weighted by Gasteiger charge is 2.68. The predicted molar refractivity (Wildman–Crippen MR) is 114 cm³/mol. The molecule has 28 heavy (non-hydrogen) atoms. The van der Waals surface area contributed by atoms with Crippen molar-refractivity contribution >= 4 is 0 Å². The van der Waals surface area contributed by atoms with E-state index in [1.165, 1.54) is 64.2 Å². The monoisotopic (exact) mass is 386 g/mol. The van der Waals surface area contributed by atoms with Crippen molar-refractivity contribution < 1.29 is 9.47 Å². The molecular weight excluding hydrogens is 344 g/mol. The summed E-state index contributed by atoms with van der Waals surface area (Å²) in [6.45, 7) is 10.6. The molecule has 158 valence electrons. The first-order chi connectivity index (χ1) is 13.4. The highest BCUT2D eigenvalue weighted by molar-refractivity contribution is 5.14. The first-order valence-electron chi connectivity index (χ1n) is 12.4. The van der Waals surface area contributed by atoms with Crippen LogP contribution in [0.3, 0.4) is 0 Å². The predicted octanol–water partition coefficient (Wildman–Crippen LogP) is 6.95. The summed E-state index contributed by atoms with van der Waals surface area (Å²) in [5.41, 5.74) is 0.955. The molecule has 1 aliphatic heterocycles. The van der Waals surface area contributed by atoms with Crippen LogP contribution in [0.5, 0.6) is 0 Å². The first kappa shape index (κ1) is 19.6. The van der Waals surface area contributed by atoms with Crippen LogP contribution in [0.2, 0.25) is 0 Å². The van der Waals surface area contributed by atoms with Gasteiger partial charge in [0.1, 0.15) is 0 Å². The zero-order chi connectivity index (χ0) is 19.6. The number of hydrogen-bond acceptors (Lipinski definition) is 2. The van der Waals surface area contributed by atoms with Crippen LogP contribution in [0.4, 0.5) is 0 Å². The fourth-order valence-electron chi connectivity index (χ4n) is 9.30. The molecule has 4 saturated carbocycles. The van der Waals surface area contributed by atoms with Gasteiger partial charge in [-0.2, -0.15) is 0 Å². The van der Waals surface area contributed by atoms with Gasteiger partial charge in [0.25, 0.3) is 0 Å². The molecule has 0 bridgehead atoms. The number of rotatable bonds is 3. The van der Waals surface area contributed by atoms with Gasteiger partial charge in [-0.3, -0.25) is 0 Å². The summed E-state index contributed by atoms with van der Waals surface area (Å²) in [6.07, 6.45) is 18.5. The van der Waals surface area contributed by atoms with Gasteiger partial charge in [-0.25, -0.2) is 0 Å². The molecule has 0 aromatic heterocycles. The van der Waals surface area contributed by atoms with Crippen LogP contribution in [0.1, 0.15) is 91.9 Å². The molecule has 1 saturated heterocycles. The normalized spacial score (nSPS) is 50.6. The highest BCUT2D eigenvalue weighted by atomic mass is 16.9. The van der Waals surface area contributed by atoms with Gasteiger partial charge in [0, 0.05) is 12.3 Å². The van der Waals surface area contributed by atoms with Gasteiger partial charge in [-0.05, 0) is 85.4 Å². The lowest BCUT2D eigenvalue weighted by Gasteiger charge is -2.67. The SMILES string of the molecule is CC/C=C\C(C)[C@H]1CCC2C3CC4(OCO4)C4CCCC[C@]4(C)C3CC[C@@]21C. The Morgan fingerprint density at radius 2 is 1.75 bits per heavy atom. The number of hydrogen-bond donors (Lipinski definition) is 0. The summed E-state index contributed by atoms with van der Waals surface area (Å²) in [7, 11) is 0. The summed E-state index contributed by atoms with van der Waals surface area (Å²) < 4.78 is 12.6. The molecule has 5 unspecified atom stereocenters. The maximum Gasteiger partial charge on any atom is 0.177 e. The number of allylic oxidation sites excluding steroid dienone is 2. The van der Waals surface area contributed by atoms with E-state index in [1.54, 1.807) is 0 Å². The van der Waals surface area contributed by atoms with E-state index < -0.39 is 0 Å². The van der Waals surface area contributed by atoms with E-state index >= 15 is 0 Å². The van der Waals surface area contributed by atoms with Crippen molar-refractivity contribution in [3.05, 3.63) is 12.2 Å². The molecule has 0 aromatic carbocycles. The summed E-state index contributed by atoms with van der Waals surface area (Å²) >= 11 is 0. The summed E-state index contributed by atoms with van der Waals surface area (Å²) in [4.78, 5) is 0. The van der Waals surface area contributed by atoms with E-state index in [2.05, 4.69) is 39.8 Å². The van der Waals surface area contributed by atoms with Crippen molar-refractivity contribution in [1.29, 1.82) is 0 Å². The lowest BCUT2D eigenvalue weighted by molar-refractivity contribution is -0.454. The molecule has 5 aliphatic rings. The molecule has 0 radical (unpaired) electrons. The topological polar surface area (TPSA) is 18.5 Å². The third kappa shape index (κ3) is 2.59. The van der Waals surface area contributed by atoms with Crippen LogP contribution in [0.25, 0.3) is 0 Å². The third-order valence-corrected chi connectivity index (χ3v) is 10.6. The average molecular weight is 387 g/mol. The first-order valence-corrected chi connectivity index (χ1v) is 12.4. The van der Waals surface area contributed by atoms with Crippen molar-refractivity contribution in [2.24, 2.45) is 46.3 Å². The van der Waals surface area contributed by atoms with Crippen LogP contribution >= 0.6 is 0 Å². The quantitative estimate of drug-likeness (QED) is 0.489. The van der Waals surface area contributed by atoms with Crippen LogP contribution in [0.15, 0.2) is 12.2 Å². The van der Waals surface area contributed by atoms with Gasteiger partial charge in [-0.1, -0.05) is 52.7 Å². The van der Waals surface area contributed by atoms with E-state index in [0.29, 0.717) is 23.5 Å². The van der Waals surface area contributed by atoms with Crippen LogP contribution in [0, 0.1) is 46.3 Å². The Labute approximate surface area is 172 Å². The summed E-state index contributed by atoms with van der Waals surface area (Å²) in [5, 5.41) is 0. The van der Waals surface area contributed by atoms with Gasteiger partial charge >= 0.3 is 0 Å². The van der Waals surface area contributed by atoms with Crippen molar-refractivity contribution in [2.45, 2.75) is 97.7 Å². The lowest BCUT2D eigenvalue weighted by atomic mass is 9.43. The van der Waals surface area contributed by atoms with Crippen molar-refractivity contribution in [1.82, 2.24) is 0 Å². The molecule has 5 rings (SSSR count). The molecule has 5 fully saturated rings. The standard InChI is InChI=1S/C26H42O2/c1-5-6-9-18(2)20-11-12-21-19-16-26(27-17-28-26)23-10-7-8-14-25(23,4)22(19)13-15-24(20,21)3/h6,9,18-23H,5,7-8,10-17H2,1-4H3/b9-6-/t18?,19?,20-,21?,22?,23?,24-,25-/m1/s1. The Kier molecular flexibility index (Phi) is 4.79. The summed E-state index contributed by atoms with van der Waals surface area (Å²) in [5.74, 6) is 4.58. The smallest absolute Gasteiger partial charge is 0.177 e. The second-order valence-electron chi connectivity index (χ2n) is 11.5. The Morgan fingerprint density at radius 1 is 0.964 bits per heavy atom. The van der Waals surface area contributed by atoms with E-state index in [-0.39, 0.29) is 5.79 Å². The lowest BCUT2D eigenvalue weighted by Crippen LogP contribution is -2.67. The van der Waals surface area contributed by atoms with Crippen molar-refractivity contribution in [3.63, 3.8) is 0 Å². The van der Waals surface area contributed by atoms with Gasteiger partial charge < -0.3 is 9.47 Å². The maximum atomic E-state index is 6.32. The van der Waals surface area contributed by atoms with E-state index in [1.807, 2.05) is 0 Å². The van der Waals surface area contributed by atoms with Gasteiger partial charge in [0.05, 0.1) is 0 Å². The third-order valence-electron chi connectivity index (χ3n) is 10.6. The maximum absolute atomic E-state index is 6.32. The van der Waals surface area contributed by atoms with E-state index in [9.17, 15) is 0 Å².